The molecule has 1 fully saturated rings. The molecule has 0 unspecified atom stereocenters. The van der Waals surface area contributed by atoms with Crippen molar-refractivity contribution in [3.63, 3.8) is 0 Å². The molecule has 0 radical (unpaired) electrons. The predicted octanol–water partition coefficient (Wildman–Crippen LogP) is 4.67. The summed E-state index contributed by atoms with van der Waals surface area (Å²) in [5, 5.41) is 0.995. The third kappa shape index (κ3) is 7.92. The second-order valence-electron chi connectivity index (χ2n) is 11.4. The van der Waals surface area contributed by atoms with E-state index in [2.05, 4.69) is 6.07 Å². The van der Waals surface area contributed by atoms with Gasteiger partial charge in [-0.25, -0.2) is 0 Å². The molecule has 0 aliphatic carbocycles. The number of furan rings is 1. The Morgan fingerprint density at radius 2 is 1.35 bits per heavy atom. The molecule has 0 N–H and O–H groups in total. The summed E-state index contributed by atoms with van der Waals surface area (Å²) in [7, 11) is 0. The molecule has 1 aliphatic rings. The monoisotopic (exact) mass is 638 g/mol. The molecule has 0 spiro atoms. The number of carbonyl (C=O) groups is 5. The van der Waals surface area contributed by atoms with Gasteiger partial charge in [-0.05, 0) is 61.2 Å². The highest BCUT2D eigenvalue weighted by Crippen LogP contribution is 2.42. The Labute approximate surface area is 266 Å². The first-order valence-electron chi connectivity index (χ1n) is 14.8. The maximum Gasteiger partial charge on any atom is 0.308 e. The minimum atomic E-state index is -1.39. The Bertz CT molecular complexity index is 1670. The topological polar surface area (TPSA) is 154 Å². The van der Waals surface area contributed by atoms with Crippen molar-refractivity contribution in [1.82, 2.24) is 0 Å². The van der Waals surface area contributed by atoms with Crippen molar-refractivity contribution in [1.29, 1.82) is 0 Å². The van der Waals surface area contributed by atoms with E-state index < -0.39 is 67.0 Å². The highest BCUT2D eigenvalue weighted by Gasteiger charge is 2.53. The maximum absolute atomic E-state index is 12.4. The van der Waals surface area contributed by atoms with E-state index >= 15 is 0 Å². The van der Waals surface area contributed by atoms with Crippen molar-refractivity contribution in [3.05, 3.63) is 63.9 Å². The van der Waals surface area contributed by atoms with E-state index in [-0.39, 0.29) is 11.3 Å². The van der Waals surface area contributed by atoms with Gasteiger partial charge in [0.1, 0.15) is 35.9 Å². The van der Waals surface area contributed by atoms with Crippen LogP contribution in [0.15, 0.2) is 34.7 Å². The molecule has 3 aromatic rings. The summed E-state index contributed by atoms with van der Waals surface area (Å²) in [4.78, 5) is 60.7. The van der Waals surface area contributed by atoms with E-state index in [1.165, 1.54) is 13.8 Å². The predicted molar refractivity (Wildman–Crippen MR) is 162 cm³/mol. The molecule has 0 bridgehead atoms. The SMILES string of the molecule is CC(=O)OC[C@H]1O[C@@H](c2cc(Cc3cc4c(C)cc(C)c(C)c4o3)ccc2OC(C)=O)[C@H](OC(C)=O)[C@@H](OC(C)=O)[C@@H]1OC(C)=O. The summed E-state index contributed by atoms with van der Waals surface area (Å²) in [6.45, 7) is 11.5. The third-order valence-electron chi connectivity index (χ3n) is 7.58. The quantitative estimate of drug-likeness (QED) is 0.182. The third-order valence-corrected chi connectivity index (χ3v) is 7.58. The minimum Gasteiger partial charge on any atom is -0.463 e. The van der Waals surface area contributed by atoms with Crippen LogP contribution in [0.2, 0.25) is 0 Å². The summed E-state index contributed by atoms with van der Waals surface area (Å²) in [6, 6.07) is 9.12. The molecule has 2 aromatic carbocycles. The number of aryl methyl sites for hydroxylation is 3. The van der Waals surface area contributed by atoms with E-state index in [1.54, 1.807) is 18.2 Å². The molecule has 2 heterocycles. The highest BCUT2D eigenvalue weighted by atomic mass is 16.7. The molecule has 246 valence electrons. The lowest BCUT2D eigenvalue weighted by molar-refractivity contribution is -0.254. The summed E-state index contributed by atoms with van der Waals surface area (Å²) >= 11 is 0. The molecule has 1 aromatic heterocycles. The molecule has 5 atom stereocenters. The van der Waals surface area contributed by atoms with Crippen LogP contribution in [-0.2, 0) is 54.1 Å². The Hall–Kier alpha value is -4.71. The zero-order valence-electron chi connectivity index (χ0n) is 27.1. The first kappa shape index (κ1) is 34.2. The van der Waals surface area contributed by atoms with Crippen LogP contribution in [-0.4, -0.2) is 60.9 Å². The fourth-order valence-corrected chi connectivity index (χ4v) is 5.65. The van der Waals surface area contributed by atoms with Crippen LogP contribution in [0, 0.1) is 20.8 Å². The van der Waals surface area contributed by atoms with Gasteiger partial charge in [-0.15, -0.1) is 0 Å². The van der Waals surface area contributed by atoms with E-state index in [0.29, 0.717) is 12.2 Å². The fourth-order valence-electron chi connectivity index (χ4n) is 5.65. The smallest absolute Gasteiger partial charge is 0.308 e. The molecular weight excluding hydrogens is 600 g/mol. The van der Waals surface area contributed by atoms with Crippen molar-refractivity contribution in [2.24, 2.45) is 0 Å². The minimum absolute atomic E-state index is 0.0871. The van der Waals surface area contributed by atoms with Crippen LogP contribution in [0.4, 0.5) is 0 Å². The molecule has 4 rings (SSSR count). The van der Waals surface area contributed by atoms with Gasteiger partial charge in [-0.2, -0.15) is 0 Å². The average molecular weight is 639 g/mol. The van der Waals surface area contributed by atoms with Gasteiger partial charge in [0.25, 0.3) is 0 Å². The Balaban J connectivity index is 1.85. The van der Waals surface area contributed by atoms with E-state index in [1.807, 2.05) is 26.8 Å². The van der Waals surface area contributed by atoms with Crippen LogP contribution in [0.5, 0.6) is 5.75 Å². The largest absolute Gasteiger partial charge is 0.463 e. The lowest BCUT2D eigenvalue weighted by Gasteiger charge is -2.44. The summed E-state index contributed by atoms with van der Waals surface area (Å²) in [5.41, 5.74) is 5.02. The molecular formula is C34H38O12. The number of rotatable bonds is 9. The number of benzene rings is 2. The first-order chi connectivity index (χ1) is 21.6. The Morgan fingerprint density at radius 3 is 1.96 bits per heavy atom. The lowest BCUT2D eigenvalue weighted by atomic mass is 9.89. The standard InChI is InChI=1S/C34H38O12/c1-16-11-17(2)26-14-25(45-30(26)18(16)3)12-24-9-10-28(41-20(5)36)27(13-24)31-33(43-22(7)38)34(44-23(8)39)32(42-21(6)37)29(46-31)15-40-19(4)35/h9-11,13-14,29,31-34H,12,15H2,1-8H3/t29-,31+,32-,33+,34+/m1/s1. The van der Waals surface area contributed by atoms with Crippen molar-refractivity contribution >= 4 is 40.8 Å². The first-order valence-corrected chi connectivity index (χ1v) is 14.8. The number of hydrogen-bond acceptors (Lipinski definition) is 12. The molecule has 1 saturated heterocycles. The number of hydrogen-bond donors (Lipinski definition) is 0. The van der Waals surface area contributed by atoms with Gasteiger partial charge in [0, 0.05) is 52.0 Å². The van der Waals surface area contributed by atoms with Gasteiger partial charge in [0.15, 0.2) is 18.3 Å². The van der Waals surface area contributed by atoms with Crippen LogP contribution in [0.25, 0.3) is 11.0 Å². The lowest BCUT2D eigenvalue weighted by Crippen LogP contribution is -2.59. The summed E-state index contributed by atoms with van der Waals surface area (Å²) in [5.74, 6) is -2.74. The molecule has 12 heteroatoms. The van der Waals surface area contributed by atoms with E-state index in [4.69, 9.17) is 32.8 Å². The maximum atomic E-state index is 12.4. The zero-order chi connectivity index (χ0) is 33.9. The number of fused-ring (bicyclic) bond motifs is 1. The van der Waals surface area contributed by atoms with Crippen molar-refractivity contribution in [2.45, 2.75) is 92.3 Å². The highest BCUT2D eigenvalue weighted by molar-refractivity contribution is 5.85. The zero-order valence-corrected chi connectivity index (χ0v) is 27.1. The van der Waals surface area contributed by atoms with Crippen LogP contribution < -0.4 is 4.74 Å². The van der Waals surface area contributed by atoms with Crippen molar-refractivity contribution in [3.8, 4) is 5.75 Å². The van der Waals surface area contributed by atoms with Crippen molar-refractivity contribution in [2.75, 3.05) is 6.61 Å². The normalized spacial score (nSPS) is 20.9. The Morgan fingerprint density at radius 1 is 0.717 bits per heavy atom. The number of esters is 5. The molecule has 0 amide bonds. The second-order valence-corrected chi connectivity index (χ2v) is 11.4. The fraction of sp³-hybridized carbons (Fsp3) is 0.441. The van der Waals surface area contributed by atoms with Crippen LogP contribution in [0.3, 0.4) is 0 Å². The average Bonchev–Trinajstić information content (AvgIpc) is 3.37. The summed E-state index contributed by atoms with van der Waals surface area (Å²) < 4.78 is 40.0. The van der Waals surface area contributed by atoms with Gasteiger partial charge in [-0.1, -0.05) is 12.1 Å². The van der Waals surface area contributed by atoms with E-state index in [0.717, 1.165) is 54.0 Å². The van der Waals surface area contributed by atoms with Gasteiger partial charge < -0.3 is 32.8 Å². The number of carbonyl (C=O) groups excluding carboxylic acids is 5. The van der Waals surface area contributed by atoms with E-state index in [9.17, 15) is 24.0 Å². The van der Waals surface area contributed by atoms with Crippen LogP contribution >= 0.6 is 0 Å². The summed E-state index contributed by atoms with van der Waals surface area (Å²) in [6.07, 6.45) is -6.16. The molecule has 46 heavy (non-hydrogen) atoms. The molecule has 12 nitrogen and oxygen atoms in total. The van der Waals surface area contributed by atoms with Gasteiger partial charge in [-0.3, -0.25) is 24.0 Å². The van der Waals surface area contributed by atoms with Gasteiger partial charge >= 0.3 is 29.8 Å². The number of ether oxygens (including phenoxy) is 6. The van der Waals surface area contributed by atoms with Crippen molar-refractivity contribution < 1.29 is 56.8 Å². The molecule has 0 saturated carbocycles. The van der Waals surface area contributed by atoms with Gasteiger partial charge in [0.05, 0.1) is 0 Å². The Kier molecular flexibility index (Phi) is 10.5. The second kappa shape index (κ2) is 14.2. The molecule has 1 aliphatic heterocycles. The van der Waals surface area contributed by atoms with Gasteiger partial charge in [0.2, 0.25) is 0 Å². The van der Waals surface area contributed by atoms with Crippen LogP contribution in [0.1, 0.15) is 74.3 Å².